The summed E-state index contributed by atoms with van der Waals surface area (Å²) in [7, 11) is 0. The van der Waals surface area contributed by atoms with Gasteiger partial charge in [-0.25, -0.2) is 13.2 Å². The van der Waals surface area contributed by atoms with Gasteiger partial charge in [0.25, 0.3) is 0 Å². The SMILES string of the molecule is Fc1cccc(-c2ccc(/C=C/[C@H]3[C@@H]4CC(F)(F)CC[C@H]4CC34OCCO4)nc2)c1. The Kier molecular flexibility index (Phi) is 4.94. The average Bonchev–Trinajstić information content (AvgIpc) is 3.31. The average molecular weight is 415 g/mol. The van der Waals surface area contributed by atoms with Crippen molar-refractivity contribution in [3.05, 3.63) is 60.2 Å². The van der Waals surface area contributed by atoms with E-state index in [1.807, 2.05) is 30.4 Å². The number of alkyl halides is 2. The second-order valence-corrected chi connectivity index (χ2v) is 8.60. The van der Waals surface area contributed by atoms with Crippen molar-refractivity contribution >= 4 is 6.08 Å². The number of benzene rings is 1. The summed E-state index contributed by atoms with van der Waals surface area (Å²) in [6.07, 6.45) is 6.52. The van der Waals surface area contributed by atoms with Gasteiger partial charge in [0, 0.05) is 36.9 Å². The van der Waals surface area contributed by atoms with Gasteiger partial charge < -0.3 is 9.47 Å². The molecule has 158 valence electrons. The molecule has 2 saturated carbocycles. The van der Waals surface area contributed by atoms with Gasteiger partial charge in [-0.15, -0.1) is 0 Å². The van der Waals surface area contributed by atoms with Crippen molar-refractivity contribution in [1.82, 2.24) is 4.98 Å². The van der Waals surface area contributed by atoms with Crippen molar-refractivity contribution < 1.29 is 22.6 Å². The Morgan fingerprint density at radius 3 is 2.60 bits per heavy atom. The first-order chi connectivity index (χ1) is 14.4. The summed E-state index contributed by atoms with van der Waals surface area (Å²) in [6.45, 7) is 1.00. The number of nitrogens with zero attached hydrogens (tertiary/aromatic N) is 1. The van der Waals surface area contributed by atoms with Crippen LogP contribution in [0.4, 0.5) is 13.2 Å². The number of aromatic nitrogens is 1. The number of ether oxygens (including phenoxy) is 2. The van der Waals surface area contributed by atoms with Gasteiger partial charge in [0.1, 0.15) is 5.82 Å². The van der Waals surface area contributed by atoms with Gasteiger partial charge in [-0.2, -0.15) is 0 Å². The molecule has 1 aromatic heterocycles. The monoisotopic (exact) mass is 415 g/mol. The van der Waals surface area contributed by atoms with Crippen LogP contribution in [0.5, 0.6) is 0 Å². The van der Waals surface area contributed by atoms with E-state index in [0.29, 0.717) is 31.7 Å². The lowest BCUT2D eigenvalue weighted by molar-refractivity contribution is -0.176. The summed E-state index contributed by atoms with van der Waals surface area (Å²) in [6, 6.07) is 10.1. The van der Waals surface area contributed by atoms with Crippen LogP contribution in [-0.4, -0.2) is 29.9 Å². The lowest BCUT2D eigenvalue weighted by Gasteiger charge is -2.34. The topological polar surface area (TPSA) is 31.4 Å². The van der Waals surface area contributed by atoms with Crippen LogP contribution in [0.15, 0.2) is 48.7 Å². The summed E-state index contributed by atoms with van der Waals surface area (Å²) < 4.78 is 53.7. The zero-order valence-electron chi connectivity index (χ0n) is 16.6. The van der Waals surface area contributed by atoms with Crippen LogP contribution in [-0.2, 0) is 9.47 Å². The van der Waals surface area contributed by atoms with Gasteiger partial charge in [0.2, 0.25) is 5.92 Å². The molecule has 5 rings (SSSR count). The minimum Gasteiger partial charge on any atom is -0.347 e. The summed E-state index contributed by atoms with van der Waals surface area (Å²) in [4.78, 5) is 4.45. The third-order valence-corrected chi connectivity index (χ3v) is 6.73. The standard InChI is InChI=1S/C24H24F3NO2/c25-19-3-1-2-16(12-19)18-4-5-20(28-15-18)6-7-22-21-14-23(26,27)9-8-17(21)13-24(22)29-10-11-30-24/h1-7,12,15,17,21-22H,8-11,13-14H2/b7-6+/t17-,21+,22-/m0/s1. The van der Waals surface area contributed by atoms with E-state index in [1.54, 1.807) is 12.3 Å². The maximum absolute atomic E-state index is 14.1. The Balaban J connectivity index is 1.38. The van der Waals surface area contributed by atoms with Gasteiger partial charge in [-0.05, 0) is 48.1 Å². The molecule has 6 heteroatoms. The highest BCUT2D eigenvalue weighted by atomic mass is 19.3. The number of halogens is 3. The second kappa shape index (κ2) is 7.50. The Morgan fingerprint density at radius 2 is 1.87 bits per heavy atom. The largest absolute Gasteiger partial charge is 0.347 e. The molecule has 3 aliphatic rings. The van der Waals surface area contributed by atoms with Gasteiger partial charge in [0.15, 0.2) is 5.79 Å². The molecule has 0 unspecified atom stereocenters. The van der Waals surface area contributed by atoms with Crippen LogP contribution in [0.25, 0.3) is 17.2 Å². The smallest absolute Gasteiger partial charge is 0.248 e. The summed E-state index contributed by atoms with van der Waals surface area (Å²) in [5.74, 6) is -3.88. The van der Waals surface area contributed by atoms with Crippen molar-refractivity contribution in [3.8, 4) is 11.1 Å². The van der Waals surface area contributed by atoms with Gasteiger partial charge in [-0.3, -0.25) is 4.98 Å². The van der Waals surface area contributed by atoms with E-state index in [-0.39, 0.29) is 36.4 Å². The molecule has 2 aliphatic carbocycles. The molecule has 0 amide bonds. The fourth-order valence-corrected chi connectivity index (χ4v) is 5.34. The fraction of sp³-hybridized carbons (Fsp3) is 0.458. The van der Waals surface area contributed by atoms with Crippen LogP contribution < -0.4 is 0 Å². The minimum absolute atomic E-state index is 0.0518. The first-order valence-electron chi connectivity index (χ1n) is 10.5. The van der Waals surface area contributed by atoms with E-state index in [2.05, 4.69) is 4.98 Å². The first kappa shape index (κ1) is 19.8. The molecule has 0 N–H and O–H groups in total. The molecule has 0 radical (unpaired) electrons. The third kappa shape index (κ3) is 3.67. The zero-order chi connectivity index (χ0) is 20.8. The van der Waals surface area contributed by atoms with Crippen LogP contribution in [0.2, 0.25) is 0 Å². The number of pyridine rings is 1. The van der Waals surface area contributed by atoms with Crippen LogP contribution in [0.3, 0.4) is 0 Å². The van der Waals surface area contributed by atoms with Gasteiger partial charge >= 0.3 is 0 Å². The Hall–Kier alpha value is -2.18. The van der Waals surface area contributed by atoms with E-state index in [0.717, 1.165) is 11.1 Å². The highest BCUT2D eigenvalue weighted by Crippen LogP contribution is 2.57. The van der Waals surface area contributed by atoms with Crippen LogP contribution in [0, 0.1) is 23.6 Å². The molecule has 30 heavy (non-hydrogen) atoms. The maximum Gasteiger partial charge on any atom is 0.248 e. The molecule has 3 atom stereocenters. The molecular weight excluding hydrogens is 391 g/mol. The fourth-order valence-electron chi connectivity index (χ4n) is 5.34. The summed E-state index contributed by atoms with van der Waals surface area (Å²) in [5, 5.41) is 0. The molecular formula is C24H24F3NO2. The summed E-state index contributed by atoms with van der Waals surface area (Å²) in [5.41, 5.74) is 2.29. The van der Waals surface area contributed by atoms with E-state index < -0.39 is 11.7 Å². The molecule has 2 heterocycles. The van der Waals surface area contributed by atoms with Crippen molar-refractivity contribution in [3.63, 3.8) is 0 Å². The first-order valence-corrected chi connectivity index (χ1v) is 10.5. The van der Waals surface area contributed by atoms with E-state index in [9.17, 15) is 13.2 Å². The highest BCUT2D eigenvalue weighted by molar-refractivity contribution is 5.63. The second-order valence-electron chi connectivity index (χ2n) is 8.60. The molecule has 3 nitrogen and oxygen atoms in total. The van der Waals surface area contributed by atoms with Gasteiger partial charge in [0.05, 0.1) is 18.9 Å². The van der Waals surface area contributed by atoms with Crippen molar-refractivity contribution in [2.24, 2.45) is 17.8 Å². The Morgan fingerprint density at radius 1 is 1.03 bits per heavy atom. The van der Waals surface area contributed by atoms with Crippen LogP contribution in [0.1, 0.15) is 31.4 Å². The number of hydrogen-bond donors (Lipinski definition) is 0. The quantitative estimate of drug-likeness (QED) is 0.643. The van der Waals surface area contributed by atoms with Crippen LogP contribution >= 0.6 is 0 Å². The zero-order valence-corrected chi connectivity index (χ0v) is 16.6. The highest BCUT2D eigenvalue weighted by Gasteiger charge is 2.59. The van der Waals surface area contributed by atoms with Crippen molar-refractivity contribution in [2.75, 3.05) is 13.2 Å². The lowest BCUT2D eigenvalue weighted by atomic mass is 9.76. The summed E-state index contributed by atoms with van der Waals surface area (Å²) >= 11 is 0. The van der Waals surface area contributed by atoms with Crippen molar-refractivity contribution in [2.45, 2.75) is 37.4 Å². The molecule has 1 aromatic carbocycles. The van der Waals surface area contributed by atoms with Gasteiger partial charge in [-0.1, -0.05) is 24.3 Å². The maximum atomic E-state index is 14.1. The number of rotatable bonds is 3. The number of hydrogen-bond acceptors (Lipinski definition) is 3. The van der Waals surface area contributed by atoms with E-state index in [1.165, 1.54) is 12.1 Å². The molecule has 2 aromatic rings. The van der Waals surface area contributed by atoms with E-state index >= 15 is 0 Å². The predicted molar refractivity (Wildman–Crippen MR) is 107 cm³/mol. The molecule has 0 bridgehead atoms. The minimum atomic E-state index is -2.62. The predicted octanol–water partition coefficient (Wildman–Crippen LogP) is 5.72. The van der Waals surface area contributed by atoms with Crippen molar-refractivity contribution in [1.29, 1.82) is 0 Å². The third-order valence-electron chi connectivity index (χ3n) is 6.73. The lowest BCUT2D eigenvalue weighted by Crippen LogP contribution is -2.37. The normalized spacial score (nSPS) is 29.5. The van der Waals surface area contributed by atoms with E-state index in [4.69, 9.17) is 9.47 Å². The molecule has 1 spiro atoms. The molecule has 3 fully saturated rings. The number of fused-ring (bicyclic) bond motifs is 1. The Labute approximate surface area is 173 Å². The molecule has 1 saturated heterocycles. The Bertz CT molecular complexity index is 938. The molecule has 1 aliphatic heterocycles.